The van der Waals surface area contributed by atoms with Gasteiger partial charge < -0.3 is 30.3 Å². The van der Waals surface area contributed by atoms with Gasteiger partial charge in [0, 0.05) is 26.2 Å². The number of carboxylic acid groups (broad SMARTS) is 1. The minimum atomic E-state index is -0.900. The Morgan fingerprint density at radius 2 is 1.81 bits per heavy atom. The third kappa shape index (κ3) is 4.57. The summed E-state index contributed by atoms with van der Waals surface area (Å²) in [6, 6.07) is 10.3. The van der Waals surface area contributed by atoms with Crippen molar-refractivity contribution in [1.82, 2.24) is 9.88 Å². The number of nitrogens with one attached hydrogen (secondary N) is 2. The minimum Gasteiger partial charge on any atom is -0.495 e. The van der Waals surface area contributed by atoms with Gasteiger partial charge in [-0.1, -0.05) is 12.1 Å². The van der Waals surface area contributed by atoms with Crippen LogP contribution in [0, 0.1) is 0 Å². The second-order valence-electron chi connectivity index (χ2n) is 5.94. The number of urea groups is 1. The van der Waals surface area contributed by atoms with E-state index in [1.165, 1.54) is 12.0 Å². The van der Waals surface area contributed by atoms with Crippen LogP contribution < -0.4 is 20.3 Å². The van der Waals surface area contributed by atoms with Gasteiger partial charge in [-0.2, -0.15) is 0 Å². The van der Waals surface area contributed by atoms with Gasteiger partial charge in [-0.05, 0) is 24.3 Å². The first-order valence-corrected chi connectivity index (χ1v) is 8.46. The highest BCUT2D eigenvalue weighted by Gasteiger charge is 2.21. The number of hydrogen-bond donors (Lipinski definition) is 3. The zero-order chi connectivity index (χ0) is 19.2. The van der Waals surface area contributed by atoms with Crippen molar-refractivity contribution in [2.45, 2.75) is 0 Å². The Bertz CT molecular complexity index is 804. The maximum atomic E-state index is 12.2. The van der Waals surface area contributed by atoms with Crippen LogP contribution >= 0.6 is 0 Å². The standard InChI is InChI=1S/C18H21N5O4/c1-27-15-5-3-2-4-14(15)21-17(24)20-13-6-7-16(19-12-13)22-8-10-23(11-9-22)18(25)26/h2-7,12H,8-11H2,1H3,(H,25,26)(H2,20,21,24). The number of methoxy groups -OCH3 is 1. The smallest absolute Gasteiger partial charge is 0.407 e. The number of ether oxygens (including phenoxy) is 1. The van der Waals surface area contributed by atoms with Crippen LogP contribution in [0.4, 0.5) is 26.8 Å². The van der Waals surface area contributed by atoms with Crippen molar-refractivity contribution < 1.29 is 19.4 Å². The summed E-state index contributed by atoms with van der Waals surface area (Å²) in [4.78, 5) is 30.9. The molecule has 1 aromatic heterocycles. The molecule has 9 heteroatoms. The van der Waals surface area contributed by atoms with Gasteiger partial charge in [0.05, 0.1) is 24.7 Å². The highest BCUT2D eigenvalue weighted by atomic mass is 16.5. The van der Waals surface area contributed by atoms with E-state index in [0.29, 0.717) is 43.3 Å². The summed E-state index contributed by atoms with van der Waals surface area (Å²) in [5, 5.41) is 14.4. The first kappa shape index (κ1) is 18.3. The summed E-state index contributed by atoms with van der Waals surface area (Å²) in [6.45, 7) is 2.05. The molecule has 0 bridgehead atoms. The van der Waals surface area contributed by atoms with Crippen molar-refractivity contribution >= 4 is 29.3 Å². The second kappa shape index (κ2) is 8.26. The number of carbonyl (C=O) groups excluding carboxylic acids is 1. The Morgan fingerprint density at radius 3 is 2.44 bits per heavy atom. The molecule has 0 aliphatic carbocycles. The predicted octanol–water partition coefficient (Wildman–Crippen LogP) is 2.53. The summed E-state index contributed by atoms with van der Waals surface area (Å²) in [5.74, 6) is 1.32. The van der Waals surface area contributed by atoms with Crippen molar-refractivity contribution in [3.63, 3.8) is 0 Å². The molecular weight excluding hydrogens is 350 g/mol. The molecule has 1 fully saturated rings. The SMILES string of the molecule is COc1ccccc1NC(=O)Nc1ccc(N2CCN(C(=O)O)CC2)nc1. The summed E-state index contributed by atoms with van der Waals surface area (Å²) in [6.07, 6.45) is 0.670. The molecule has 1 aromatic carbocycles. The third-order valence-electron chi connectivity index (χ3n) is 4.24. The van der Waals surface area contributed by atoms with Crippen LogP contribution in [0.25, 0.3) is 0 Å². The maximum absolute atomic E-state index is 12.2. The van der Waals surface area contributed by atoms with Crippen LogP contribution in [0.3, 0.4) is 0 Å². The second-order valence-corrected chi connectivity index (χ2v) is 5.94. The van der Waals surface area contributed by atoms with E-state index in [2.05, 4.69) is 15.6 Å². The Kier molecular flexibility index (Phi) is 5.60. The average molecular weight is 371 g/mol. The summed E-state index contributed by atoms with van der Waals surface area (Å²) >= 11 is 0. The van der Waals surface area contributed by atoms with E-state index in [9.17, 15) is 9.59 Å². The number of amides is 3. The number of carbonyl (C=O) groups is 2. The fourth-order valence-electron chi connectivity index (χ4n) is 2.81. The van der Waals surface area contributed by atoms with Crippen molar-refractivity contribution in [3.8, 4) is 5.75 Å². The van der Waals surface area contributed by atoms with Crippen LogP contribution in [0.5, 0.6) is 5.75 Å². The van der Waals surface area contributed by atoms with Gasteiger partial charge in [0.1, 0.15) is 11.6 Å². The Hall–Kier alpha value is -3.49. The lowest BCUT2D eigenvalue weighted by atomic mass is 10.3. The van der Waals surface area contributed by atoms with Crippen LogP contribution in [-0.4, -0.2) is 60.4 Å². The monoisotopic (exact) mass is 371 g/mol. The number of para-hydroxylation sites is 2. The number of nitrogens with zero attached hydrogens (tertiary/aromatic N) is 3. The Balaban J connectivity index is 1.56. The number of pyridine rings is 1. The number of benzene rings is 1. The van der Waals surface area contributed by atoms with Crippen molar-refractivity contribution in [2.24, 2.45) is 0 Å². The van der Waals surface area contributed by atoms with Crippen LogP contribution in [0.15, 0.2) is 42.6 Å². The predicted molar refractivity (Wildman–Crippen MR) is 102 cm³/mol. The quantitative estimate of drug-likeness (QED) is 0.762. The molecule has 1 aliphatic heterocycles. The van der Waals surface area contributed by atoms with E-state index in [1.54, 1.807) is 36.5 Å². The fraction of sp³-hybridized carbons (Fsp3) is 0.278. The van der Waals surface area contributed by atoms with E-state index >= 15 is 0 Å². The molecule has 0 radical (unpaired) electrons. The number of piperazine rings is 1. The van der Waals surface area contributed by atoms with E-state index < -0.39 is 12.1 Å². The summed E-state index contributed by atoms with van der Waals surface area (Å²) in [7, 11) is 1.54. The zero-order valence-corrected chi connectivity index (χ0v) is 14.9. The van der Waals surface area contributed by atoms with E-state index in [0.717, 1.165) is 5.82 Å². The van der Waals surface area contributed by atoms with Gasteiger partial charge in [0.15, 0.2) is 0 Å². The molecule has 9 nitrogen and oxygen atoms in total. The number of anilines is 3. The molecule has 1 saturated heterocycles. The summed E-state index contributed by atoms with van der Waals surface area (Å²) < 4.78 is 5.20. The lowest BCUT2D eigenvalue weighted by molar-refractivity contribution is 0.142. The number of aromatic nitrogens is 1. The van der Waals surface area contributed by atoms with Crippen molar-refractivity contribution in [3.05, 3.63) is 42.6 Å². The molecule has 2 heterocycles. The molecule has 0 atom stereocenters. The first-order chi connectivity index (χ1) is 13.1. The van der Waals surface area contributed by atoms with Crippen molar-refractivity contribution in [1.29, 1.82) is 0 Å². The fourth-order valence-corrected chi connectivity index (χ4v) is 2.81. The largest absolute Gasteiger partial charge is 0.495 e. The normalized spacial score (nSPS) is 13.8. The molecule has 3 N–H and O–H groups in total. The topological polar surface area (TPSA) is 107 Å². The summed E-state index contributed by atoms with van der Waals surface area (Å²) in [5.41, 5.74) is 1.12. The molecule has 142 valence electrons. The third-order valence-corrected chi connectivity index (χ3v) is 4.24. The molecule has 27 heavy (non-hydrogen) atoms. The van der Waals surface area contributed by atoms with Gasteiger partial charge in [-0.3, -0.25) is 0 Å². The Morgan fingerprint density at radius 1 is 1.07 bits per heavy atom. The lowest BCUT2D eigenvalue weighted by Gasteiger charge is -2.33. The Labute approximate surface area is 156 Å². The van der Waals surface area contributed by atoms with Gasteiger partial charge >= 0.3 is 12.1 Å². The van der Waals surface area contributed by atoms with Gasteiger partial charge in [-0.15, -0.1) is 0 Å². The highest BCUT2D eigenvalue weighted by Crippen LogP contribution is 2.23. The molecule has 0 unspecified atom stereocenters. The van der Waals surface area contributed by atoms with E-state index in [-0.39, 0.29) is 0 Å². The van der Waals surface area contributed by atoms with Gasteiger partial charge in [0.2, 0.25) is 0 Å². The van der Waals surface area contributed by atoms with Crippen LogP contribution in [0.2, 0.25) is 0 Å². The molecule has 3 amide bonds. The number of hydrogen-bond acceptors (Lipinski definition) is 5. The lowest BCUT2D eigenvalue weighted by Crippen LogP contribution is -2.48. The van der Waals surface area contributed by atoms with Gasteiger partial charge in [0.25, 0.3) is 0 Å². The maximum Gasteiger partial charge on any atom is 0.407 e. The van der Waals surface area contributed by atoms with Crippen LogP contribution in [0.1, 0.15) is 0 Å². The number of rotatable bonds is 4. The minimum absolute atomic E-state index is 0.399. The molecule has 2 aromatic rings. The molecule has 0 saturated carbocycles. The molecular formula is C18H21N5O4. The zero-order valence-electron chi connectivity index (χ0n) is 14.9. The highest BCUT2D eigenvalue weighted by molar-refractivity contribution is 6.00. The van der Waals surface area contributed by atoms with E-state index in [1.807, 2.05) is 11.0 Å². The average Bonchev–Trinajstić information content (AvgIpc) is 2.69. The molecule has 0 spiro atoms. The van der Waals surface area contributed by atoms with E-state index in [4.69, 9.17) is 9.84 Å². The van der Waals surface area contributed by atoms with Crippen molar-refractivity contribution in [2.75, 3.05) is 48.8 Å². The first-order valence-electron chi connectivity index (χ1n) is 8.46. The van der Waals surface area contributed by atoms with Crippen LogP contribution in [-0.2, 0) is 0 Å². The van der Waals surface area contributed by atoms with Gasteiger partial charge in [-0.25, -0.2) is 14.6 Å². The molecule has 3 rings (SSSR count). The molecule has 1 aliphatic rings.